The van der Waals surface area contributed by atoms with Crippen LogP contribution in [0.2, 0.25) is 0 Å². The lowest BCUT2D eigenvalue weighted by Gasteiger charge is -2.02. The van der Waals surface area contributed by atoms with Crippen LogP contribution in [-0.4, -0.2) is 25.5 Å². The summed E-state index contributed by atoms with van der Waals surface area (Å²) in [5.74, 6) is 0.174. The van der Waals surface area contributed by atoms with Crippen molar-refractivity contribution in [3.63, 3.8) is 0 Å². The third-order valence-electron chi connectivity index (χ3n) is 1.75. The van der Waals surface area contributed by atoms with Crippen LogP contribution in [-0.2, 0) is 4.79 Å². The zero-order valence-electron chi connectivity index (χ0n) is 5.68. The molecule has 1 amide bonds. The average Bonchev–Trinajstić information content (AvgIpc) is 2.37. The normalized spacial score (nSPS) is 26.1. The Kier molecular flexibility index (Phi) is 2.05. The van der Waals surface area contributed by atoms with Gasteiger partial charge in [0.25, 0.3) is 5.91 Å². The zero-order valence-corrected chi connectivity index (χ0v) is 5.68. The first-order valence-electron chi connectivity index (χ1n) is 3.39. The molecule has 3 heteroatoms. The molecule has 52 valence electrons. The molecule has 1 aliphatic heterocycles. The van der Waals surface area contributed by atoms with Gasteiger partial charge in [0, 0.05) is 19.9 Å². The second kappa shape index (κ2) is 2.82. The Bertz CT molecular complexity index is 108. The summed E-state index contributed by atoms with van der Waals surface area (Å²) < 4.78 is 0. The molecule has 1 aliphatic rings. The van der Waals surface area contributed by atoms with E-state index in [0.29, 0.717) is 0 Å². The second-order valence-corrected chi connectivity index (χ2v) is 2.39. The van der Waals surface area contributed by atoms with Crippen molar-refractivity contribution in [1.82, 2.24) is 5.32 Å². The summed E-state index contributed by atoms with van der Waals surface area (Å²) in [6.07, 6.45) is 2.22. The third-order valence-corrected chi connectivity index (χ3v) is 1.75. The van der Waals surface area contributed by atoms with Crippen LogP contribution in [0.3, 0.4) is 0 Å². The number of quaternary nitrogens is 1. The van der Waals surface area contributed by atoms with Gasteiger partial charge >= 0.3 is 0 Å². The number of likely N-dealkylation sites (N-methyl/N-ethyl adjacent to an activating group) is 1. The highest BCUT2D eigenvalue weighted by Gasteiger charge is 2.24. The number of carbonyl (C=O) groups is 1. The SMILES string of the molecule is CNC(=O)C1CCC[NH2+]1. The van der Waals surface area contributed by atoms with Crippen molar-refractivity contribution in [2.45, 2.75) is 18.9 Å². The molecule has 1 atom stereocenters. The molecule has 1 unspecified atom stereocenters. The fraction of sp³-hybridized carbons (Fsp3) is 0.833. The summed E-state index contributed by atoms with van der Waals surface area (Å²) in [6.45, 7) is 1.11. The van der Waals surface area contributed by atoms with E-state index in [1.54, 1.807) is 7.05 Å². The number of nitrogens with one attached hydrogen (secondary N) is 1. The first-order valence-corrected chi connectivity index (χ1v) is 3.39. The molecule has 0 spiro atoms. The number of amides is 1. The van der Waals surface area contributed by atoms with Crippen molar-refractivity contribution < 1.29 is 10.1 Å². The van der Waals surface area contributed by atoms with Crippen LogP contribution >= 0.6 is 0 Å². The third kappa shape index (κ3) is 1.42. The van der Waals surface area contributed by atoms with Gasteiger partial charge < -0.3 is 10.6 Å². The molecule has 9 heavy (non-hydrogen) atoms. The van der Waals surface area contributed by atoms with E-state index >= 15 is 0 Å². The maximum absolute atomic E-state index is 10.9. The van der Waals surface area contributed by atoms with Crippen LogP contribution in [0.25, 0.3) is 0 Å². The summed E-state index contributed by atoms with van der Waals surface area (Å²) in [6, 6.07) is 0.204. The van der Waals surface area contributed by atoms with Gasteiger partial charge in [0.2, 0.25) is 0 Å². The molecule has 3 N–H and O–H groups in total. The van der Waals surface area contributed by atoms with E-state index in [9.17, 15) is 4.79 Å². The van der Waals surface area contributed by atoms with Crippen LogP contribution in [0, 0.1) is 0 Å². The maximum Gasteiger partial charge on any atom is 0.277 e. The van der Waals surface area contributed by atoms with Crippen molar-refractivity contribution in [3.05, 3.63) is 0 Å². The Morgan fingerprint density at radius 2 is 2.56 bits per heavy atom. The Balaban J connectivity index is 2.32. The Labute approximate surface area is 54.8 Å². The largest absolute Gasteiger partial charge is 0.354 e. The van der Waals surface area contributed by atoms with Gasteiger partial charge in [0.1, 0.15) is 0 Å². The highest BCUT2D eigenvalue weighted by Crippen LogP contribution is 1.95. The molecule has 1 fully saturated rings. The summed E-state index contributed by atoms with van der Waals surface area (Å²) in [5, 5.41) is 4.73. The molecule has 1 rings (SSSR count). The fourth-order valence-corrected chi connectivity index (χ4v) is 1.20. The van der Waals surface area contributed by atoms with Crippen LogP contribution in [0.4, 0.5) is 0 Å². The van der Waals surface area contributed by atoms with Crippen LogP contribution in [0.1, 0.15) is 12.8 Å². The summed E-state index contributed by atoms with van der Waals surface area (Å²) in [5.41, 5.74) is 0. The van der Waals surface area contributed by atoms with E-state index in [0.717, 1.165) is 13.0 Å². The van der Waals surface area contributed by atoms with Crippen LogP contribution in [0.15, 0.2) is 0 Å². The fourth-order valence-electron chi connectivity index (χ4n) is 1.20. The number of hydrogen-bond donors (Lipinski definition) is 2. The monoisotopic (exact) mass is 129 g/mol. The minimum atomic E-state index is 0.174. The number of hydrogen-bond acceptors (Lipinski definition) is 1. The zero-order chi connectivity index (χ0) is 6.69. The second-order valence-electron chi connectivity index (χ2n) is 2.39. The molecule has 0 saturated carbocycles. The van der Waals surface area contributed by atoms with Crippen LogP contribution < -0.4 is 10.6 Å². The summed E-state index contributed by atoms with van der Waals surface area (Å²) >= 11 is 0. The Hall–Kier alpha value is -0.570. The molecule has 0 bridgehead atoms. The van der Waals surface area contributed by atoms with E-state index in [1.165, 1.54) is 6.42 Å². The molecule has 1 heterocycles. The smallest absolute Gasteiger partial charge is 0.277 e. The molecule has 3 nitrogen and oxygen atoms in total. The van der Waals surface area contributed by atoms with Crippen molar-refractivity contribution in [1.29, 1.82) is 0 Å². The molecular formula is C6H13N2O+. The quantitative estimate of drug-likeness (QED) is 0.443. The van der Waals surface area contributed by atoms with Crippen molar-refractivity contribution >= 4 is 5.91 Å². The molecule has 0 aliphatic carbocycles. The van der Waals surface area contributed by atoms with E-state index < -0.39 is 0 Å². The number of nitrogens with two attached hydrogens (primary N) is 1. The highest BCUT2D eigenvalue weighted by molar-refractivity contribution is 5.79. The lowest BCUT2D eigenvalue weighted by molar-refractivity contribution is -0.657. The van der Waals surface area contributed by atoms with Crippen molar-refractivity contribution in [3.8, 4) is 0 Å². The minimum Gasteiger partial charge on any atom is -0.354 e. The first kappa shape index (κ1) is 6.55. The van der Waals surface area contributed by atoms with Gasteiger partial charge in [-0.2, -0.15) is 0 Å². The van der Waals surface area contributed by atoms with Gasteiger partial charge in [-0.25, -0.2) is 0 Å². The van der Waals surface area contributed by atoms with Gasteiger partial charge in [0.05, 0.1) is 6.54 Å². The Morgan fingerprint density at radius 3 is 3.00 bits per heavy atom. The average molecular weight is 129 g/mol. The highest BCUT2D eigenvalue weighted by atomic mass is 16.2. The maximum atomic E-state index is 10.9. The number of rotatable bonds is 1. The van der Waals surface area contributed by atoms with Gasteiger partial charge in [-0.1, -0.05) is 0 Å². The summed E-state index contributed by atoms with van der Waals surface area (Å²) in [4.78, 5) is 10.9. The van der Waals surface area contributed by atoms with Gasteiger partial charge in [-0.3, -0.25) is 4.79 Å². The Morgan fingerprint density at radius 1 is 1.78 bits per heavy atom. The lowest BCUT2D eigenvalue weighted by Crippen LogP contribution is -2.89. The molecule has 0 radical (unpaired) electrons. The van der Waals surface area contributed by atoms with E-state index in [-0.39, 0.29) is 11.9 Å². The molecule has 0 aromatic heterocycles. The van der Waals surface area contributed by atoms with Crippen molar-refractivity contribution in [2.75, 3.05) is 13.6 Å². The molecule has 0 aromatic rings. The van der Waals surface area contributed by atoms with Gasteiger partial charge in [-0.15, -0.1) is 0 Å². The molecule has 0 aromatic carbocycles. The van der Waals surface area contributed by atoms with Crippen LogP contribution in [0.5, 0.6) is 0 Å². The van der Waals surface area contributed by atoms with E-state index in [1.807, 2.05) is 0 Å². The topological polar surface area (TPSA) is 45.7 Å². The van der Waals surface area contributed by atoms with Crippen molar-refractivity contribution in [2.24, 2.45) is 0 Å². The van der Waals surface area contributed by atoms with E-state index in [4.69, 9.17) is 0 Å². The molecule has 1 saturated heterocycles. The first-order chi connectivity index (χ1) is 4.34. The lowest BCUT2D eigenvalue weighted by atomic mass is 10.2. The number of carbonyl (C=O) groups excluding carboxylic acids is 1. The molecular weight excluding hydrogens is 116 g/mol. The summed E-state index contributed by atoms with van der Waals surface area (Å²) in [7, 11) is 1.69. The predicted octanol–water partition coefficient (Wildman–Crippen LogP) is -1.54. The van der Waals surface area contributed by atoms with Gasteiger partial charge in [0.15, 0.2) is 6.04 Å². The standard InChI is InChI=1S/C6H12N2O/c1-7-6(9)5-3-2-4-8-5/h5,8H,2-4H2,1H3,(H,7,9)/p+1. The predicted molar refractivity (Wildman–Crippen MR) is 33.9 cm³/mol. The minimum absolute atomic E-state index is 0.174. The van der Waals surface area contributed by atoms with Gasteiger partial charge in [-0.05, 0) is 0 Å². The van der Waals surface area contributed by atoms with E-state index in [2.05, 4.69) is 10.6 Å².